The number of rotatable bonds is 8. The molecular formula is C22H22N2O5S2. The quantitative estimate of drug-likeness (QED) is 0.196. The van der Waals surface area contributed by atoms with Gasteiger partial charge in [0.05, 0.1) is 9.83 Å². The molecule has 0 saturated carbocycles. The number of nitrogens with one attached hydrogen (secondary N) is 1. The summed E-state index contributed by atoms with van der Waals surface area (Å²) in [5.41, 5.74) is 2.55. The van der Waals surface area contributed by atoms with Gasteiger partial charge in [-0.25, -0.2) is 0 Å². The van der Waals surface area contributed by atoms with Gasteiger partial charge in [0.2, 0.25) is 0 Å². The Labute approximate surface area is 190 Å². The van der Waals surface area contributed by atoms with E-state index in [0.717, 1.165) is 28.6 Å². The number of thiocarbonyl (C=S) groups is 1. The topological polar surface area (TPSA) is 90.7 Å². The molecule has 9 heteroatoms. The number of carbonyl (C=O) groups excluding carboxylic acids is 1. The van der Waals surface area contributed by atoms with Crippen LogP contribution in [0.25, 0.3) is 6.08 Å². The molecule has 162 valence electrons. The number of ether oxygens (including phenoxy) is 2. The van der Waals surface area contributed by atoms with Crippen LogP contribution in [0.1, 0.15) is 36.5 Å². The maximum absolute atomic E-state index is 12.0. The van der Waals surface area contributed by atoms with E-state index in [4.69, 9.17) is 21.7 Å². The number of nitro benzene ring substituents is 1. The van der Waals surface area contributed by atoms with Crippen molar-refractivity contribution in [1.82, 2.24) is 5.32 Å². The molecule has 2 aromatic rings. The molecule has 31 heavy (non-hydrogen) atoms. The zero-order valence-corrected chi connectivity index (χ0v) is 19.0. The Bertz CT molecular complexity index is 1070. The molecule has 1 fully saturated rings. The van der Waals surface area contributed by atoms with Crippen molar-refractivity contribution in [1.29, 1.82) is 0 Å². The average Bonchev–Trinajstić information content (AvgIpc) is 3.02. The Morgan fingerprint density at radius 2 is 1.87 bits per heavy atom. The fourth-order valence-electron chi connectivity index (χ4n) is 3.00. The van der Waals surface area contributed by atoms with Crippen molar-refractivity contribution in [2.45, 2.75) is 26.7 Å². The summed E-state index contributed by atoms with van der Waals surface area (Å²) < 4.78 is 12.1. The van der Waals surface area contributed by atoms with Crippen LogP contribution in [0.3, 0.4) is 0 Å². The number of thioether (sulfide) groups is 1. The standard InChI is InChI=1S/C22H22N2O5S2/c1-13(2)17-6-4-14(3)10-19(17)29-9-8-28-18-7-5-16(24(26)27)11-15(18)12-20-21(25)23-22(30)31-20/h4-7,10-13H,8-9H2,1-3H3,(H,23,25,30). The predicted octanol–water partition coefficient (Wildman–Crippen LogP) is 4.97. The van der Waals surface area contributed by atoms with Crippen LogP contribution in [0.2, 0.25) is 0 Å². The molecule has 1 amide bonds. The number of carbonyl (C=O) groups is 1. The molecule has 0 spiro atoms. The van der Waals surface area contributed by atoms with E-state index in [-0.39, 0.29) is 18.2 Å². The molecule has 3 rings (SSSR count). The first kappa shape index (κ1) is 22.8. The van der Waals surface area contributed by atoms with E-state index in [9.17, 15) is 14.9 Å². The number of nitro groups is 1. The highest BCUT2D eigenvalue weighted by atomic mass is 32.2. The number of benzene rings is 2. The Balaban J connectivity index is 1.74. The minimum absolute atomic E-state index is 0.0947. The van der Waals surface area contributed by atoms with Gasteiger partial charge in [0.25, 0.3) is 11.6 Å². The molecule has 0 unspecified atom stereocenters. The van der Waals surface area contributed by atoms with Gasteiger partial charge < -0.3 is 14.8 Å². The molecule has 0 atom stereocenters. The van der Waals surface area contributed by atoms with Crippen molar-refractivity contribution >= 4 is 46.0 Å². The van der Waals surface area contributed by atoms with Crippen LogP contribution in [0.15, 0.2) is 41.3 Å². The molecular weight excluding hydrogens is 436 g/mol. The smallest absolute Gasteiger partial charge is 0.270 e. The molecule has 2 aromatic carbocycles. The lowest BCUT2D eigenvalue weighted by Gasteiger charge is -2.15. The van der Waals surface area contributed by atoms with Gasteiger partial charge in [0.15, 0.2) is 0 Å². The van der Waals surface area contributed by atoms with E-state index < -0.39 is 4.92 Å². The molecule has 0 radical (unpaired) electrons. The Hall–Kier alpha value is -2.91. The summed E-state index contributed by atoms with van der Waals surface area (Å²) in [5.74, 6) is 1.22. The molecule has 1 saturated heterocycles. The lowest BCUT2D eigenvalue weighted by molar-refractivity contribution is -0.384. The van der Waals surface area contributed by atoms with Crippen molar-refractivity contribution in [3.05, 3.63) is 68.1 Å². The molecule has 1 N–H and O–H groups in total. The van der Waals surface area contributed by atoms with Crippen LogP contribution >= 0.6 is 24.0 Å². The largest absolute Gasteiger partial charge is 0.490 e. The normalized spacial score (nSPS) is 14.8. The van der Waals surface area contributed by atoms with Crippen LogP contribution < -0.4 is 14.8 Å². The fraction of sp³-hybridized carbons (Fsp3) is 0.273. The summed E-state index contributed by atoms with van der Waals surface area (Å²) in [5, 5.41) is 13.7. The van der Waals surface area contributed by atoms with Crippen LogP contribution in [0.5, 0.6) is 11.5 Å². The number of amides is 1. The average molecular weight is 459 g/mol. The maximum atomic E-state index is 12.0. The fourth-order valence-corrected chi connectivity index (χ4v) is 4.04. The van der Waals surface area contributed by atoms with E-state index in [1.807, 2.05) is 13.0 Å². The molecule has 1 aliphatic rings. The van der Waals surface area contributed by atoms with Gasteiger partial charge in [-0.05, 0) is 42.2 Å². The predicted molar refractivity (Wildman–Crippen MR) is 126 cm³/mol. The SMILES string of the molecule is Cc1ccc(C(C)C)c(OCCOc2ccc([N+](=O)[O-])cc2C=C2SC(=S)NC2=O)c1. The lowest BCUT2D eigenvalue weighted by atomic mass is 10.0. The van der Waals surface area contributed by atoms with Crippen molar-refractivity contribution in [2.75, 3.05) is 13.2 Å². The highest BCUT2D eigenvalue weighted by molar-refractivity contribution is 8.26. The third-order valence-corrected chi connectivity index (χ3v) is 5.69. The number of nitrogens with zero attached hydrogens (tertiary/aromatic N) is 1. The Morgan fingerprint density at radius 3 is 2.48 bits per heavy atom. The number of non-ortho nitro benzene ring substituents is 1. The molecule has 7 nitrogen and oxygen atoms in total. The summed E-state index contributed by atoms with van der Waals surface area (Å²) >= 11 is 6.10. The van der Waals surface area contributed by atoms with Crippen LogP contribution in [-0.4, -0.2) is 28.4 Å². The van der Waals surface area contributed by atoms with Crippen molar-refractivity contribution < 1.29 is 19.2 Å². The van der Waals surface area contributed by atoms with E-state index in [1.54, 1.807) is 6.08 Å². The zero-order chi connectivity index (χ0) is 22.5. The van der Waals surface area contributed by atoms with Crippen LogP contribution in [0, 0.1) is 17.0 Å². The Morgan fingerprint density at radius 1 is 1.16 bits per heavy atom. The monoisotopic (exact) mass is 458 g/mol. The zero-order valence-electron chi connectivity index (χ0n) is 17.3. The minimum Gasteiger partial charge on any atom is -0.490 e. The lowest BCUT2D eigenvalue weighted by Crippen LogP contribution is -2.17. The molecule has 0 bridgehead atoms. The summed E-state index contributed by atoms with van der Waals surface area (Å²) in [6.45, 7) is 6.75. The van der Waals surface area contributed by atoms with E-state index in [0.29, 0.717) is 33.1 Å². The van der Waals surface area contributed by atoms with Gasteiger partial charge in [-0.3, -0.25) is 14.9 Å². The van der Waals surface area contributed by atoms with Crippen LogP contribution in [-0.2, 0) is 4.79 Å². The molecule has 1 heterocycles. The third-order valence-electron chi connectivity index (χ3n) is 4.52. The maximum Gasteiger partial charge on any atom is 0.270 e. The minimum atomic E-state index is -0.493. The van der Waals surface area contributed by atoms with Crippen molar-refractivity contribution in [2.24, 2.45) is 0 Å². The first-order valence-electron chi connectivity index (χ1n) is 9.64. The first-order chi connectivity index (χ1) is 14.7. The number of hydrogen-bond acceptors (Lipinski definition) is 7. The summed E-state index contributed by atoms with van der Waals surface area (Å²) in [6.07, 6.45) is 1.54. The van der Waals surface area contributed by atoms with Gasteiger partial charge in [0.1, 0.15) is 29.0 Å². The summed E-state index contributed by atoms with van der Waals surface area (Å²) in [7, 11) is 0. The highest BCUT2D eigenvalue weighted by Gasteiger charge is 2.23. The third kappa shape index (κ3) is 5.83. The van der Waals surface area contributed by atoms with Gasteiger partial charge in [-0.1, -0.05) is 50.0 Å². The van der Waals surface area contributed by atoms with Crippen molar-refractivity contribution in [3.8, 4) is 11.5 Å². The first-order valence-corrected chi connectivity index (χ1v) is 10.9. The van der Waals surface area contributed by atoms with E-state index in [2.05, 4.69) is 31.3 Å². The van der Waals surface area contributed by atoms with Crippen molar-refractivity contribution in [3.63, 3.8) is 0 Å². The number of aryl methyl sites for hydroxylation is 1. The summed E-state index contributed by atoms with van der Waals surface area (Å²) in [4.78, 5) is 23.0. The van der Waals surface area contributed by atoms with E-state index >= 15 is 0 Å². The molecule has 0 aromatic heterocycles. The van der Waals surface area contributed by atoms with E-state index in [1.165, 1.54) is 18.2 Å². The molecule has 0 aliphatic carbocycles. The Kier molecular flexibility index (Phi) is 7.29. The van der Waals surface area contributed by atoms with Crippen LogP contribution in [0.4, 0.5) is 5.69 Å². The second-order valence-corrected chi connectivity index (χ2v) is 8.94. The number of hydrogen-bond donors (Lipinski definition) is 1. The summed E-state index contributed by atoms with van der Waals surface area (Å²) in [6, 6.07) is 10.4. The van der Waals surface area contributed by atoms with Gasteiger partial charge in [-0.2, -0.15) is 0 Å². The van der Waals surface area contributed by atoms with Gasteiger partial charge in [-0.15, -0.1) is 0 Å². The van der Waals surface area contributed by atoms with Gasteiger partial charge in [0, 0.05) is 17.7 Å². The second-order valence-electron chi connectivity index (χ2n) is 7.22. The van der Waals surface area contributed by atoms with Gasteiger partial charge >= 0.3 is 0 Å². The second kappa shape index (κ2) is 9.93. The highest BCUT2D eigenvalue weighted by Crippen LogP contribution is 2.32. The molecule has 1 aliphatic heterocycles.